The molecule has 0 aliphatic heterocycles. The maximum atomic E-state index is 11.8. The summed E-state index contributed by atoms with van der Waals surface area (Å²) in [5.41, 5.74) is 1.81. The largest absolute Gasteiger partial charge is 0.382 e. The Morgan fingerprint density at radius 2 is 2.09 bits per heavy atom. The van der Waals surface area contributed by atoms with Crippen molar-refractivity contribution in [3.8, 4) is 0 Å². The van der Waals surface area contributed by atoms with Gasteiger partial charge in [0.05, 0.1) is 25.5 Å². The molecule has 1 aromatic heterocycles. The molecule has 2 amide bonds. The van der Waals surface area contributed by atoms with Crippen molar-refractivity contribution >= 4 is 38.4 Å². The highest BCUT2D eigenvalue weighted by Crippen LogP contribution is 2.16. The van der Waals surface area contributed by atoms with E-state index < -0.39 is 0 Å². The van der Waals surface area contributed by atoms with E-state index in [1.165, 1.54) is 11.3 Å². The number of ether oxygens (including phenoxy) is 2. The third-order valence-electron chi connectivity index (χ3n) is 2.82. The van der Waals surface area contributed by atoms with Gasteiger partial charge in [-0.3, -0.25) is 5.32 Å². The number of amides is 2. The summed E-state index contributed by atoms with van der Waals surface area (Å²) >= 11 is 4.74. The maximum Gasteiger partial charge on any atom is 0.321 e. The average Bonchev–Trinajstić information content (AvgIpc) is 2.98. The Hall–Kier alpha value is -1.48. The van der Waals surface area contributed by atoms with Crippen LogP contribution in [0.25, 0.3) is 0 Å². The number of nitrogens with zero attached hydrogens (tertiary/aromatic N) is 1. The van der Waals surface area contributed by atoms with Crippen molar-refractivity contribution in [2.24, 2.45) is 0 Å². The van der Waals surface area contributed by atoms with Crippen molar-refractivity contribution in [1.29, 1.82) is 0 Å². The number of thiazole rings is 1. The highest BCUT2D eigenvalue weighted by atomic mass is 79.9. The number of aromatic nitrogens is 1. The summed E-state index contributed by atoms with van der Waals surface area (Å²) < 4.78 is 11.3. The van der Waals surface area contributed by atoms with Crippen LogP contribution in [-0.2, 0) is 22.6 Å². The quantitative estimate of drug-likeness (QED) is 0.667. The number of anilines is 1. The van der Waals surface area contributed by atoms with Gasteiger partial charge in [0.15, 0.2) is 5.13 Å². The summed E-state index contributed by atoms with van der Waals surface area (Å²) in [5.74, 6) is 0. The van der Waals surface area contributed by atoms with Crippen LogP contribution in [0.3, 0.4) is 0 Å². The number of nitrogens with one attached hydrogen (secondary N) is 2. The number of carbonyl (C=O) groups is 1. The van der Waals surface area contributed by atoms with E-state index in [1.54, 1.807) is 7.11 Å². The lowest BCUT2D eigenvalue weighted by Gasteiger charge is -2.05. The van der Waals surface area contributed by atoms with E-state index in [4.69, 9.17) is 9.47 Å². The number of rotatable bonds is 8. The molecule has 0 atom stereocenters. The van der Waals surface area contributed by atoms with Gasteiger partial charge < -0.3 is 14.8 Å². The molecule has 8 heteroatoms. The van der Waals surface area contributed by atoms with E-state index in [9.17, 15) is 4.79 Å². The number of urea groups is 1. The molecule has 0 fully saturated rings. The monoisotopic (exact) mass is 399 g/mol. The Bertz CT molecular complexity index is 619. The molecule has 2 rings (SSSR count). The van der Waals surface area contributed by atoms with E-state index >= 15 is 0 Å². The molecular formula is C15H18BrN3O3S. The van der Waals surface area contributed by atoms with Gasteiger partial charge in [0, 0.05) is 23.5 Å². The van der Waals surface area contributed by atoms with Gasteiger partial charge in [0.25, 0.3) is 0 Å². The van der Waals surface area contributed by atoms with Crippen molar-refractivity contribution in [2.75, 3.05) is 25.6 Å². The molecule has 0 aliphatic carbocycles. The van der Waals surface area contributed by atoms with Gasteiger partial charge in [-0.1, -0.05) is 28.1 Å². The average molecular weight is 400 g/mol. The van der Waals surface area contributed by atoms with Crippen molar-refractivity contribution in [2.45, 2.75) is 13.2 Å². The molecule has 0 aliphatic rings. The third kappa shape index (κ3) is 6.66. The van der Waals surface area contributed by atoms with Crippen LogP contribution in [0.15, 0.2) is 34.1 Å². The fraction of sp³-hybridized carbons (Fsp3) is 0.333. The van der Waals surface area contributed by atoms with E-state index in [2.05, 4.69) is 31.5 Å². The van der Waals surface area contributed by atoms with Crippen LogP contribution in [0.4, 0.5) is 9.93 Å². The van der Waals surface area contributed by atoms with Gasteiger partial charge >= 0.3 is 6.03 Å². The van der Waals surface area contributed by atoms with Crippen molar-refractivity contribution in [1.82, 2.24) is 10.3 Å². The molecule has 23 heavy (non-hydrogen) atoms. The Morgan fingerprint density at radius 1 is 1.30 bits per heavy atom. The summed E-state index contributed by atoms with van der Waals surface area (Å²) in [6.07, 6.45) is 0. The van der Waals surface area contributed by atoms with E-state index in [-0.39, 0.29) is 6.03 Å². The SMILES string of the molecule is COCCOCc1csc(NC(=O)NCc2ccc(Br)cc2)n1. The highest BCUT2D eigenvalue weighted by molar-refractivity contribution is 9.10. The number of benzene rings is 1. The zero-order valence-electron chi connectivity index (χ0n) is 12.7. The van der Waals surface area contributed by atoms with Gasteiger partial charge in [-0.05, 0) is 17.7 Å². The molecule has 0 radical (unpaired) electrons. The van der Waals surface area contributed by atoms with E-state index in [0.717, 1.165) is 15.7 Å². The molecular weight excluding hydrogens is 382 g/mol. The number of hydrogen-bond donors (Lipinski definition) is 2. The highest BCUT2D eigenvalue weighted by Gasteiger charge is 2.06. The molecule has 2 N–H and O–H groups in total. The molecule has 0 spiro atoms. The van der Waals surface area contributed by atoms with Crippen molar-refractivity contribution < 1.29 is 14.3 Å². The van der Waals surface area contributed by atoms with Crippen LogP contribution in [0.2, 0.25) is 0 Å². The van der Waals surface area contributed by atoms with Crippen LogP contribution in [0.1, 0.15) is 11.3 Å². The first-order chi connectivity index (χ1) is 11.2. The lowest BCUT2D eigenvalue weighted by atomic mass is 10.2. The Labute approximate surface area is 147 Å². The summed E-state index contributed by atoms with van der Waals surface area (Å²) in [4.78, 5) is 16.1. The van der Waals surface area contributed by atoms with Gasteiger partial charge in [0.2, 0.25) is 0 Å². The summed E-state index contributed by atoms with van der Waals surface area (Å²) in [5, 5.41) is 7.91. The second kappa shape index (κ2) is 9.61. The predicted molar refractivity (Wildman–Crippen MR) is 93.6 cm³/mol. The van der Waals surface area contributed by atoms with Crippen LogP contribution in [0.5, 0.6) is 0 Å². The molecule has 0 saturated carbocycles. The Morgan fingerprint density at radius 3 is 2.83 bits per heavy atom. The van der Waals surface area contributed by atoms with E-state index in [0.29, 0.717) is 31.5 Å². The normalized spacial score (nSPS) is 10.5. The first-order valence-electron chi connectivity index (χ1n) is 6.98. The molecule has 124 valence electrons. The minimum atomic E-state index is -0.283. The fourth-order valence-electron chi connectivity index (χ4n) is 1.68. The van der Waals surface area contributed by atoms with Crippen LogP contribution < -0.4 is 10.6 Å². The second-order valence-electron chi connectivity index (χ2n) is 4.62. The fourth-order valence-corrected chi connectivity index (χ4v) is 2.63. The van der Waals surface area contributed by atoms with Crippen LogP contribution in [-0.4, -0.2) is 31.3 Å². The van der Waals surface area contributed by atoms with Gasteiger partial charge in [0.1, 0.15) is 0 Å². The minimum Gasteiger partial charge on any atom is -0.382 e. The standard InChI is InChI=1S/C15H18BrN3O3S/c1-21-6-7-22-9-13-10-23-15(18-13)19-14(20)17-8-11-2-4-12(16)5-3-11/h2-5,10H,6-9H2,1H3,(H2,17,18,19,20). The molecule has 6 nitrogen and oxygen atoms in total. The smallest absolute Gasteiger partial charge is 0.321 e. The third-order valence-corrected chi connectivity index (χ3v) is 4.16. The number of hydrogen-bond acceptors (Lipinski definition) is 5. The van der Waals surface area contributed by atoms with Crippen LogP contribution >= 0.6 is 27.3 Å². The van der Waals surface area contributed by atoms with Crippen molar-refractivity contribution in [3.63, 3.8) is 0 Å². The topological polar surface area (TPSA) is 72.5 Å². The number of carbonyl (C=O) groups excluding carboxylic acids is 1. The van der Waals surface area contributed by atoms with Gasteiger partial charge in [-0.25, -0.2) is 9.78 Å². The predicted octanol–water partition coefficient (Wildman–Crippen LogP) is 3.39. The lowest BCUT2D eigenvalue weighted by Crippen LogP contribution is -2.28. The van der Waals surface area contributed by atoms with E-state index in [1.807, 2.05) is 29.6 Å². The van der Waals surface area contributed by atoms with Gasteiger partial charge in [-0.2, -0.15) is 0 Å². The minimum absolute atomic E-state index is 0.283. The second-order valence-corrected chi connectivity index (χ2v) is 6.40. The van der Waals surface area contributed by atoms with Crippen molar-refractivity contribution in [3.05, 3.63) is 45.4 Å². The Kier molecular flexibility index (Phi) is 7.47. The van der Waals surface area contributed by atoms with Crippen LogP contribution in [0, 0.1) is 0 Å². The molecule has 2 aromatic rings. The molecule has 1 aromatic carbocycles. The maximum absolute atomic E-state index is 11.8. The zero-order chi connectivity index (χ0) is 16.5. The molecule has 0 bridgehead atoms. The first kappa shape index (κ1) is 17.9. The number of halogens is 1. The molecule has 0 unspecified atom stereocenters. The van der Waals surface area contributed by atoms with Gasteiger partial charge in [-0.15, -0.1) is 11.3 Å². The Balaban J connectivity index is 1.72. The first-order valence-corrected chi connectivity index (χ1v) is 8.65. The summed E-state index contributed by atoms with van der Waals surface area (Å²) in [6.45, 7) is 1.93. The summed E-state index contributed by atoms with van der Waals surface area (Å²) in [6, 6.07) is 7.48. The molecule has 0 saturated heterocycles. The summed E-state index contributed by atoms with van der Waals surface area (Å²) in [7, 11) is 1.63. The zero-order valence-corrected chi connectivity index (χ0v) is 15.1. The molecule has 1 heterocycles. The lowest BCUT2D eigenvalue weighted by molar-refractivity contribution is 0.0604. The number of methoxy groups -OCH3 is 1.